The van der Waals surface area contributed by atoms with Crippen LogP contribution >= 0.6 is 0 Å². The van der Waals surface area contributed by atoms with E-state index in [2.05, 4.69) is 9.57 Å². The summed E-state index contributed by atoms with van der Waals surface area (Å²) in [5, 5.41) is 0. The second-order valence-electron chi connectivity index (χ2n) is 3.13. The summed E-state index contributed by atoms with van der Waals surface area (Å²) in [7, 11) is 0. The zero-order valence-corrected chi connectivity index (χ0v) is 7.83. The van der Waals surface area contributed by atoms with Crippen molar-refractivity contribution in [3.63, 3.8) is 0 Å². The van der Waals surface area contributed by atoms with E-state index in [9.17, 15) is 9.59 Å². The van der Waals surface area contributed by atoms with Gasteiger partial charge >= 0.3 is 6.09 Å². The van der Waals surface area contributed by atoms with E-state index in [0.717, 1.165) is 0 Å². The third-order valence-corrected chi connectivity index (χ3v) is 0.749. The number of carbonyl (C=O) groups is 2. The van der Waals surface area contributed by atoms with Crippen molar-refractivity contribution in [1.29, 1.82) is 0 Å². The smallest absolute Gasteiger partial charge is 0.431 e. The Kier molecular flexibility index (Phi) is 4.83. The van der Waals surface area contributed by atoms with E-state index in [0.29, 0.717) is 0 Å². The van der Waals surface area contributed by atoms with Crippen LogP contribution in [0.2, 0.25) is 0 Å². The Hall–Kier alpha value is -1.30. The molecule has 1 N–H and O–H groups in total. The number of hydrogen-bond acceptors (Lipinski definition) is 5. The highest BCUT2D eigenvalue weighted by molar-refractivity contribution is 5.66. The molecule has 76 valence electrons. The lowest BCUT2D eigenvalue weighted by Crippen LogP contribution is -2.33. The van der Waals surface area contributed by atoms with Gasteiger partial charge in [0.25, 0.3) is 6.47 Å². The first kappa shape index (κ1) is 11.7. The average Bonchev–Trinajstić information content (AvgIpc) is 1.94. The maximum absolute atomic E-state index is 10.8. The molecular formula is C7H13NO5. The number of rotatable bonds is 4. The van der Waals surface area contributed by atoms with Crippen molar-refractivity contribution in [2.75, 3.05) is 6.79 Å². The van der Waals surface area contributed by atoms with Gasteiger partial charge in [0.2, 0.25) is 6.79 Å². The van der Waals surface area contributed by atoms with Crippen molar-refractivity contribution in [3.8, 4) is 0 Å². The van der Waals surface area contributed by atoms with Gasteiger partial charge in [-0.05, 0) is 20.8 Å². The summed E-state index contributed by atoms with van der Waals surface area (Å²) >= 11 is 0. The van der Waals surface area contributed by atoms with E-state index in [-0.39, 0.29) is 13.3 Å². The summed E-state index contributed by atoms with van der Waals surface area (Å²) in [5.74, 6) is 0. The SMILES string of the molecule is CC(C)(C)OC(=O)NOCOC=O. The molecule has 0 saturated carbocycles. The normalized spacial score (nSPS) is 10.4. The second-order valence-corrected chi connectivity index (χ2v) is 3.13. The Morgan fingerprint density at radius 3 is 2.54 bits per heavy atom. The first-order valence-electron chi connectivity index (χ1n) is 3.62. The number of nitrogens with one attached hydrogen (secondary N) is 1. The van der Waals surface area contributed by atoms with Crippen LogP contribution in [0.5, 0.6) is 0 Å². The van der Waals surface area contributed by atoms with Crippen LogP contribution in [-0.2, 0) is 19.1 Å². The van der Waals surface area contributed by atoms with Crippen molar-refractivity contribution in [3.05, 3.63) is 0 Å². The van der Waals surface area contributed by atoms with E-state index in [4.69, 9.17) is 4.74 Å². The Morgan fingerprint density at radius 2 is 2.08 bits per heavy atom. The lowest BCUT2D eigenvalue weighted by Gasteiger charge is -2.19. The summed E-state index contributed by atoms with van der Waals surface area (Å²) in [6.45, 7) is 5.01. The summed E-state index contributed by atoms with van der Waals surface area (Å²) < 4.78 is 8.94. The molecule has 13 heavy (non-hydrogen) atoms. The number of hydroxylamine groups is 1. The Bertz CT molecular complexity index is 174. The maximum Gasteiger partial charge on any atom is 0.431 e. The van der Waals surface area contributed by atoms with Crippen LogP contribution in [0.4, 0.5) is 4.79 Å². The minimum atomic E-state index is -0.734. The minimum Gasteiger partial charge on any atom is -0.442 e. The molecule has 0 spiro atoms. The first-order chi connectivity index (χ1) is 5.95. The van der Waals surface area contributed by atoms with Crippen molar-refractivity contribution in [1.82, 2.24) is 5.48 Å². The molecule has 0 aromatic rings. The van der Waals surface area contributed by atoms with Gasteiger partial charge in [0.05, 0.1) is 0 Å². The number of hydrogen-bond donors (Lipinski definition) is 1. The Balaban J connectivity index is 3.47. The fraction of sp³-hybridized carbons (Fsp3) is 0.714. The monoisotopic (exact) mass is 191 g/mol. The summed E-state index contributed by atoms with van der Waals surface area (Å²) in [4.78, 5) is 24.9. The molecule has 0 atom stereocenters. The van der Waals surface area contributed by atoms with Gasteiger partial charge in [-0.3, -0.25) is 4.79 Å². The van der Waals surface area contributed by atoms with Gasteiger partial charge in [0, 0.05) is 0 Å². The first-order valence-corrected chi connectivity index (χ1v) is 3.62. The summed E-state index contributed by atoms with van der Waals surface area (Å²) in [5.41, 5.74) is 1.34. The number of amides is 1. The van der Waals surface area contributed by atoms with Gasteiger partial charge in [-0.2, -0.15) is 5.48 Å². The highest BCUT2D eigenvalue weighted by Gasteiger charge is 2.15. The van der Waals surface area contributed by atoms with Crippen molar-refractivity contribution in [2.45, 2.75) is 26.4 Å². The highest BCUT2D eigenvalue weighted by Crippen LogP contribution is 2.05. The quantitative estimate of drug-likeness (QED) is 0.304. The van der Waals surface area contributed by atoms with Gasteiger partial charge in [0.15, 0.2) is 0 Å². The average molecular weight is 191 g/mol. The van der Waals surface area contributed by atoms with Crippen LogP contribution in [-0.4, -0.2) is 25.0 Å². The molecule has 0 heterocycles. The molecule has 0 aromatic carbocycles. The fourth-order valence-electron chi connectivity index (χ4n) is 0.449. The third-order valence-electron chi connectivity index (χ3n) is 0.749. The highest BCUT2D eigenvalue weighted by atomic mass is 16.8. The largest absolute Gasteiger partial charge is 0.442 e. The molecule has 0 aliphatic heterocycles. The number of carbonyl (C=O) groups excluding carboxylic acids is 2. The van der Waals surface area contributed by atoms with Gasteiger partial charge in [-0.25, -0.2) is 9.63 Å². The van der Waals surface area contributed by atoms with Crippen LogP contribution in [0.1, 0.15) is 20.8 Å². The van der Waals surface area contributed by atoms with Crippen molar-refractivity contribution >= 4 is 12.6 Å². The van der Waals surface area contributed by atoms with Crippen LogP contribution < -0.4 is 5.48 Å². The van der Waals surface area contributed by atoms with Crippen LogP contribution in [0.15, 0.2) is 0 Å². The predicted octanol–water partition coefficient (Wildman–Crippen LogP) is 0.573. The molecule has 0 unspecified atom stereocenters. The zero-order valence-electron chi connectivity index (χ0n) is 7.83. The topological polar surface area (TPSA) is 73.9 Å². The van der Waals surface area contributed by atoms with Gasteiger partial charge in [-0.15, -0.1) is 0 Å². The summed E-state index contributed by atoms with van der Waals surface area (Å²) in [6, 6.07) is 0. The van der Waals surface area contributed by atoms with E-state index in [1.54, 1.807) is 20.8 Å². The molecule has 6 heteroatoms. The van der Waals surface area contributed by atoms with Gasteiger partial charge < -0.3 is 9.47 Å². The molecule has 0 fully saturated rings. The second kappa shape index (κ2) is 5.36. The number of ether oxygens (including phenoxy) is 2. The van der Waals surface area contributed by atoms with Gasteiger partial charge in [-0.1, -0.05) is 0 Å². The molecule has 0 rings (SSSR count). The maximum atomic E-state index is 10.8. The molecular weight excluding hydrogens is 178 g/mol. The van der Waals surface area contributed by atoms with Crippen LogP contribution in [0.3, 0.4) is 0 Å². The molecule has 0 aromatic heterocycles. The standard InChI is InChI=1S/C7H13NO5/c1-7(2,3)13-6(10)8-12-5-11-4-9/h4H,5H2,1-3H3,(H,8,10). The van der Waals surface area contributed by atoms with Crippen molar-refractivity contribution < 1.29 is 23.9 Å². The predicted molar refractivity (Wildman–Crippen MR) is 42.5 cm³/mol. The lowest BCUT2D eigenvalue weighted by atomic mass is 10.2. The molecule has 1 amide bonds. The Labute approximate surface area is 76.1 Å². The molecule has 0 aliphatic rings. The van der Waals surface area contributed by atoms with E-state index >= 15 is 0 Å². The molecule has 0 aliphatic carbocycles. The molecule has 6 nitrogen and oxygen atoms in total. The fourth-order valence-corrected chi connectivity index (χ4v) is 0.449. The molecule has 0 saturated heterocycles. The molecule has 0 radical (unpaired) electrons. The minimum absolute atomic E-state index is 0.205. The molecule has 0 bridgehead atoms. The van der Waals surface area contributed by atoms with E-state index in [1.165, 1.54) is 0 Å². The van der Waals surface area contributed by atoms with E-state index in [1.807, 2.05) is 5.48 Å². The van der Waals surface area contributed by atoms with E-state index < -0.39 is 11.7 Å². The Morgan fingerprint density at radius 1 is 1.46 bits per heavy atom. The van der Waals surface area contributed by atoms with Crippen molar-refractivity contribution in [2.24, 2.45) is 0 Å². The van der Waals surface area contributed by atoms with Gasteiger partial charge in [0.1, 0.15) is 5.60 Å². The van der Waals surface area contributed by atoms with Crippen LogP contribution in [0.25, 0.3) is 0 Å². The van der Waals surface area contributed by atoms with Crippen LogP contribution in [0, 0.1) is 0 Å². The zero-order chi connectivity index (χ0) is 10.3. The summed E-state index contributed by atoms with van der Waals surface area (Å²) in [6.07, 6.45) is -0.734. The third kappa shape index (κ3) is 8.61. The lowest BCUT2D eigenvalue weighted by molar-refractivity contribution is -0.147.